The van der Waals surface area contributed by atoms with Crippen LogP contribution in [0.5, 0.6) is 0 Å². The molecular weight excluding hydrogens is 438 g/mol. The molecule has 33 heavy (non-hydrogen) atoms. The Morgan fingerprint density at radius 2 is 2.09 bits per heavy atom. The molecule has 1 N–H and O–H groups in total. The lowest BCUT2D eigenvalue weighted by atomic mass is 9.87. The van der Waals surface area contributed by atoms with Gasteiger partial charge >= 0.3 is 5.97 Å². The van der Waals surface area contributed by atoms with Gasteiger partial charge in [-0.1, -0.05) is 35.5 Å². The summed E-state index contributed by atoms with van der Waals surface area (Å²) in [4.78, 5) is 31.4. The van der Waals surface area contributed by atoms with Crippen molar-refractivity contribution in [2.24, 2.45) is 0 Å². The van der Waals surface area contributed by atoms with Gasteiger partial charge in [-0.15, -0.1) is 11.3 Å². The van der Waals surface area contributed by atoms with Crippen molar-refractivity contribution in [3.63, 3.8) is 0 Å². The summed E-state index contributed by atoms with van der Waals surface area (Å²) in [5.74, 6) is -0.936. The maximum atomic E-state index is 13.1. The van der Waals surface area contributed by atoms with Crippen LogP contribution in [0.4, 0.5) is 0 Å². The molecule has 0 saturated heterocycles. The zero-order valence-corrected chi connectivity index (χ0v) is 19.1. The molecule has 168 valence electrons. The van der Waals surface area contributed by atoms with Crippen LogP contribution < -0.4 is 5.32 Å². The predicted molar refractivity (Wildman–Crippen MR) is 125 cm³/mol. The van der Waals surface area contributed by atoms with Crippen LogP contribution in [0.1, 0.15) is 53.0 Å². The van der Waals surface area contributed by atoms with Crippen LogP contribution in [0.25, 0.3) is 21.7 Å². The van der Waals surface area contributed by atoms with Crippen molar-refractivity contribution < 1.29 is 18.8 Å². The van der Waals surface area contributed by atoms with Crippen molar-refractivity contribution in [3.8, 4) is 10.6 Å². The first-order valence-corrected chi connectivity index (χ1v) is 11.8. The SMILES string of the molecule is Cc1noc2nc(-c3cccs3)cc(C(=O)OC(C)C(=O)NC3CCCc4ccccc43)c12. The molecule has 2 unspecified atom stereocenters. The highest BCUT2D eigenvalue weighted by molar-refractivity contribution is 7.13. The highest BCUT2D eigenvalue weighted by Crippen LogP contribution is 2.31. The van der Waals surface area contributed by atoms with E-state index in [0.29, 0.717) is 16.8 Å². The van der Waals surface area contributed by atoms with Crippen molar-refractivity contribution in [1.29, 1.82) is 0 Å². The van der Waals surface area contributed by atoms with Gasteiger partial charge in [-0.3, -0.25) is 4.79 Å². The van der Waals surface area contributed by atoms with E-state index in [1.165, 1.54) is 16.9 Å². The fourth-order valence-electron chi connectivity index (χ4n) is 4.28. The number of hydrogen-bond acceptors (Lipinski definition) is 7. The fourth-order valence-corrected chi connectivity index (χ4v) is 4.96. The Bertz CT molecular complexity index is 1330. The molecule has 3 heterocycles. The number of carbonyl (C=O) groups excluding carboxylic acids is 2. The second-order valence-electron chi connectivity index (χ2n) is 8.18. The minimum atomic E-state index is -0.958. The van der Waals surface area contributed by atoms with Gasteiger partial charge in [0.1, 0.15) is 0 Å². The Balaban J connectivity index is 1.36. The minimum absolute atomic E-state index is 0.0815. The van der Waals surface area contributed by atoms with Crippen LogP contribution in [0, 0.1) is 6.92 Å². The largest absolute Gasteiger partial charge is 0.449 e. The van der Waals surface area contributed by atoms with E-state index in [2.05, 4.69) is 21.5 Å². The van der Waals surface area contributed by atoms with Crippen molar-refractivity contribution >= 4 is 34.3 Å². The molecular formula is C25H23N3O4S. The monoisotopic (exact) mass is 461 g/mol. The van der Waals surface area contributed by atoms with E-state index in [-0.39, 0.29) is 23.2 Å². The number of pyridine rings is 1. The van der Waals surface area contributed by atoms with E-state index in [1.54, 1.807) is 19.9 Å². The van der Waals surface area contributed by atoms with E-state index in [4.69, 9.17) is 9.26 Å². The van der Waals surface area contributed by atoms with Crippen LogP contribution in [0.15, 0.2) is 52.4 Å². The first kappa shape index (κ1) is 21.3. The number of nitrogens with one attached hydrogen (secondary N) is 1. The fraction of sp³-hybridized carbons (Fsp3) is 0.280. The van der Waals surface area contributed by atoms with Gasteiger partial charge in [0, 0.05) is 0 Å². The smallest absolute Gasteiger partial charge is 0.339 e. The average molecular weight is 462 g/mol. The van der Waals surface area contributed by atoms with Gasteiger partial charge in [0.15, 0.2) is 6.10 Å². The van der Waals surface area contributed by atoms with Crippen LogP contribution in [-0.4, -0.2) is 28.1 Å². The maximum Gasteiger partial charge on any atom is 0.339 e. The standard InChI is InChI=1S/C25H23N3O4S/c1-14-22-18(13-20(21-11-6-12-33-21)27-24(22)32-28-14)25(30)31-15(2)23(29)26-19-10-5-8-16-7-3-4-9-17(16)19/h3-4,6-7,9,11-13,15,19H,5,8,10H2,1-2H3,(H,26,29). The minimum Gasteiger partial charge on any atom is -0.449 e. The van der Waals surface area contributed by atoms with Crippen molar-refractivity contribution in [2.75, 3.05) is 0 Å². The zero-order chi connectivity index (χ0) is 22.9. The summed E-state index contributed by atoms with van der Waals surface area (Å²) >= 11 is 1.50. The summed E-state index contributed by atoms with van der Waals surface area (Å²) in [7, 11) is 0. The third-order valence-electron chi connectivity index (χ3n) is 5.95. The van der Waals surface area contributed by atoms with Crippen LogP contribution in [0.3, 0.4) is 0 Å². The van der Waals surface area contributed by atoms with Gasteiger partial charge in [0.2, 0.25) is 0 Å². The number of amides is 1. The highest BCUT2D eigenvalue weighted by atomic mass is 32.1. The Hall–Kier alpha value is -3.52. The molecule has 1 amide bonds. The summed E-state index contributed by atoms with van der Waals surface area (Å²) in [5, 5.41) is 9.43. The van der Waals surface area contributed by atoms with Crippen molar-refractivity contribution in [1.82, 2.24) is 15.5 Å². The molecule has 4 aromatic rings. The molecule has 5 rings (SSSR count). The van der Waals surface area contributed by atoms with E-state index >= 15 is 0 Å². The number of rotatable bonds is 5. The Morgan fingerprint density at radius 3 is 2.91 bits per heavy atom. The second kappa shape index (κ2) is 8.78. The number of fused-ring (bicyclic) bond motifs is 2. The number of aryl methyl sites for hydroxylation is 2. The zero-order valence-electron chi connectivity index (χ0n) is 18.3. The topological polar surface area (TPSA) is 94.3 Å². The van der Waals surface area contributed by atoms with Crippen LogP contribution in [0.2, 0.25) is 0 Å². The number of benzene rings is 1. The Morgan fingerprint density at radius 1 is 1.24 bits per heavy atom. The van der Waals surface area contributed by atoms with Gasteiger partial charge < -0.3 is 14.6 Å². The number of ether oxygens (including phenoxy) is 1. The molecule has 1 aromatic carbocycles. The Kier molecular flexibility index (Phi) is 5.68. The summed E-state index contributed by atoms with van der Waals surface area (Å²) in [6.45, 7) is 3.33. The Labute approximate surface area is 194 Å². The molecule has 1 aliphatic rings. The lowest BCUT2D eigenvalue weighted by molar-refractivity contribution is -0.130. The molecule has 8 heteroatoms. The number of nitrogens with zero attached hydrogens (tertiary/aromatic N) is 2. The average Bonchev–Trinajstić information content (AvgIpc) is 3.49. The number of esters is 1. The molecule has 7 nitrogen and oxygen atoms in total. The molecule has 0 radical (unpaired) electrons. The predicted octanol–water partition coefficient (Wildman–Crippen LogP) is 5.00. The number of aromatic nitrogens is 2. The van der Waals surface area contributed by atoms with Gasteiger partial charge in [-0.05, 0) is 61.7 Å². The number of hydrogen-bond donors (Lipinski definition) is 1. The molecule has 0 fully saturated rings. The molecule has 0 saturated carbocycles. The molecule has 0 spiro atoms. The van der Waals surface area contributed by atoms with E-state index in [1.807, 2.05) is 35.7 Å². The highest BCUT2D eigenvalue weighted by Gasteiger charge is 2.27. The first-order chi connectivity index (χ1) is 16.0. The van der Waals surface area contributed by atoms with E-state index in [0.717, 1.165) is 29.7 Å². The maximum absolute atomic E-state index is 13.1. The first-order valence-electron chi connectivity index (χ1n) is 10.9. The molecule has 0 bridgehead atoms. The van der Waals surface area contributed by atoms with Gasteiger partial charge in [-0.25, -0.2) is 9.78 Å². The number of carbonyl (C=O) groups is 2. The molecule has 1 aliphatic carbocycles. The second-order valence-corrected chi connectivity index (χ2v) is 9.13. The quantitative estimate of drug-likeness (QED) is 0.421. The third kappa shape index (κ3) is 4.14. The van der Waals surface area contributed by atoms with Gasteiger partial charge in [0.25, 0.3) is 11.6 Å². The molecule has 2 atom stereocenters. The van der Waals surface area contributed by atoms with Crippen molar-refractivity contribution in [3.05, 3.63) is 70.2 Å². The lowest BCUT2D eigenvalue weighted by Gasteiger charge is -2.27. The number of thiophene rings is 1. The third-order valence-corrected chi connectivity index (χ3v) is 6.84. The van der Waals surface area contributed by atoms with Crippen LogP contribution >= 0.6 is 11.3 Å². The normalized spacial score (nSPS) is 16.2. The van der Waals surface area contributed by atoms with Gasteiger partial charge in [-0.2, -0.15) is 0 Å². The van der Waals surface area contributed by atoms with E-state index in [9.17, 15) is 9.59 Å². The summed E-state index contributed by atoms with van der Waals surface area (Å²) < 4.78 is 10.9. The summed E-state index contributed by atoms with van der Waals surface area (Å²) in [6, 6.07) is 13.5. The molecule has 3 aromatic heterocycles. The van der Waals surface area contributed by atoms with Crippen LogP contribution in [-0.2, 0) is 16.0 Å². The summed E-state index contributed by atoms with van der Waals surface area (Å²) in [6.07, 6.45) is 1.91. The van der Waals surface area contributed by atoms with Crippen molar-refractivity contribution in [2.45, 2.75) is 45.3 Å². The van der Waals surface area contributed by atoms with E-state index < -0.39 is 12.1 Å². The van der Waals surface area contributed by atoms with Gasteiger partial charge in [0.05, 0.1) is 33.3 Å². The summed E-state index contributed by atoms with van der Waals surface area (Å²) in [5.41, 5.74) is 4.06. The molecule has 0 aliphatic heterocycles. The lowest BCUT2D eigenvalue weighted by Crippen LogP contribution is -2.39.